The van der Waals surface area contributed by atoms with Crippen molar-refractivity contribution in [3.63, 3.8) is 0 Å². The zero-order valence-electron chi connectivity index (χ0n) is 18.4. The fraction of sp³-hybridized carbons (Fsp3) is 0.250. The van der Waals surface area contributed by atoms with Crippen LogP contribution in [-0.4, -0.2) is 47.9 Å². The van der Waals surface area contributed by atoms with Crippen LogP contribution in [0.15, 0.2) is 65.6 Å². The van der Waals surface area contributed by atoms with Gasteiger partial charge < -0.3 is 19.7 Å². The number of amides is 1. The molecule has 1 aromatic heterocycles. The lowest BCUT2D eigenvalue weighted by atomic mass is 10.1. The Morgan fingerprint density at radius 1 is 1.16 bits per heavy atom. The SMILES string of the molecule is COc1cccc(N2CCOc3cc(C(=O)NCc4ccc([SH](C)(C)=O)cc4)ccc32)n1. The number of aromatic nitrogens is 1. The van der Waals surface area contributed by atoms with Crippen LogP contribution in [0.1, 0.15) is 15.9 Å². The van der Waals surface area contributed by atoms with Crippen molar-refractivity contribution in [1.29, 1.82) is 0 Å². The molecule has 0 aliphatic carbocycles. The highest BCUT2D eigenvalue weighted by molar-refractivity contribution is 8.01. The van der Waals surface area contributed by atoms with Gasteiger partial charge in [0.15, 0.2) is 0 Å². The highest BCUT2D eigenvalue weighted by Gasteiger charge is 2.22. The second-order valence-electron chi connectivity index (χ2n) is 7.92. The van der Waals surface area contributed by atoms with Crippen LogP contribution in [0.5, 0.6) is 11.6 Å². The number of carbonyl (C=O) groups excluding carboxylic acids is 1. The van der Waals surface area contributed by atoms with Crippen molar-refractivity contribution in [3.05, 3.63) is 71.8 Å². The molecule has 0 bridgehead atoms. The van der Waals surface area contributed by atoms with Gasteiger partial charge >= 0.3 is 0 Å². The Labute approximate surface area is 188 Å². The lowest BCUT2D eigenvalue weighted by Gasteiger charge is -2.30. The molecule has 2 aromatic carbocycles. The molecule has 0 spiro atoms. The van der Waals surface area contributed by atoms with Gasteiger partial charge in [0.25, 0.3) is 5.91 Å². The fourth-order valence-electron chi connectivity index (χ4n) is 3.52. The van der Waals surface area contributed by atoms with Crippen molar-refractivity contribution in [2.45, 2.75) is 11.4 Å². The van der Waals surface area contributed by atoms with Crippen LogP contribution in [0, 0.1) is 0 Å². The van der Waals surface area contributed by atoms with Gasteiger partial charge in [-0.25, -0.2) is 0 Å². The van der Waals surface area contributed by atoms with Crippen LogP contribution >= 0.6 is 0 Å². The Bertz CT molecular complexity index is 1170. The number of fused-ring (bicyclic) bond motifs is 1. The number of anilines is 2. The monoisotopic (exact) mass is 453 g/mol. The second kappa shape index (κ2) is 9.00. The summed E-state index contributed by atoms with van der Waals surface area (Å²) in [7, 11) is -0.696. The maximum absolute atomic E-state index is 12.7. The molecule has 3 aromatic rings. The smallest absolute Gasteiger partial charge is 0.251 e. The molecule has 7 nitrogen and oxygen atoms in total. The van der Waals surface area contributed by atoms with Crippen LogP contribution in [0.3, 0.4) is 0 Å². The highest BCUT2D eigenvalue weighted by atomic mass is 32.2. The molecule has 168 valence electrons. The van der Waals surface area contributed by atoms with Gasteiger partial charge in [-0.05, 0) is 54.5 Å². The zero-order valence-corrected chi connectivity index (χ0v) is 19.3. The first-order valence-corrected chi connectivity index (χ1v) is 12.9. The number of nitrogens with one attached hydrogen (secondary N) is 1. The predicted octanol–water partition coefficient (Wildman–Crippen LogP) is 3.19. The number of nitrogens with zero attached hydrogens (tertiary/aromatic N) is 2. The summed E-state index contributed by atoms with van der Waals surface area (Å²) in [6, 6.07) is 18.5. The largest absolute Gasteiger partial charge is 0.490 e. The molecule has 0 saturated heterocycles. The first kappa shape index (κ1) is 21.8. The minimum absolute atomic E-state index is 0.186. The first-order valence-electron chi connectivity index (χ1n) is 10.3. The second-order valence-corrected chi connectivity index (χ2v) is 11.1. The third-order valence-corrected chi connectivity index (χ3v) is 6.83. The van der Waals surface area contributed by atoms with Crippen molar-refractivity contribution < 1.29 is 18.5 Å². The number of rotatable bonds is 6. The van der Waals surface area contributed by atoms with Crippen molar-refractivity contribution in [2.24, 2.45) is 0 Å². The van der Waals surface area contributed by atoms with E-state index in [0.717, 1.165) is 22.0 Å². The normalized spacial score (nSPS) is 13.7. The number of hydrogen-bond acceptors (Lipinski definition) is 6. The van der Waals surface area contributed by atoms with E-state index in [4.69, 9.17) is 9.47 Å². The minimum atomic E-state index is -2.28. The number of ether oxygens (including phenoxy) is 2. The van der Waals surface area contributed by atoms with Crippen molar-refractivity contribution in [3.8, 4) is 11.6 Å². The topological polar surface area (TPSA) is 80.8 Å². The van der Waals surface area contributed by atoms with Crippen LogP contribution < -0.4 is 19.7 Å². The summed E-state index contributed by atoms with van der Waals surface area (Å²) in [6.45, 7) is 1.52. The molecule has 32 heavy (non-hydrogen) atoms. The first-order chi connectivity index (χ1) is 15.3. The van der Waals surface area contributed by atoms with E-state index in [1.807, 2.05) is 47.4 Å². The van der Waals surface area contributed by atoms with Crippen molar-refractivity contribution in [2.75, 3.05) is 37.7 Å². The summed E-state index contributed by atoms with van der Waals surface area (Å²) in [5, 5.41) is 2.93. The summed E-state index contributed by atoms with van der Waals surface area (Å²) in [4.78, 5) is 20.1. The van der Waals surface area contributed by atoms with Gasteiger partial charge in [0.1, 0.15) is 18.2 Å². The van der Waals surface area contributed by atoms with E-state index in [-0.39, 0.29) is 5.91 Å². The molecule has 8 heteroatoms. The van der Waals surface area contributed by atoms with E-state index in [2.05, 4.69) is 10.3 Å². The van der Waals surface area contributed by atoms with Gasteiger partial charge in [0, 0.05) is 23.1 Å². The molecule has 1 aliphatic heterocycles. The standard InChI is InChI=1S/C24H27N3O4S/c1-30-23-6-4-5-22(26-23)27-13-14-31-21-15-18(9-12-20(21)27)24(28)25-16-17-7-10-19(11-8-17)32(2,3)29/h4-12,15,32H,13-14,16H2,1-3H3,(H,25,28). The quantitative estimate of drug-likeness (QED) is 0.558. The number of pyridine rings is 1. The Kier molecular flexibility index (Phi) is 6.14. The van der Waals surface area contributed by atoms with Gasteiger partial charge in [-0.1, -0.05) is 28.1 Å². The molecule has 0 saturated carbocycles. The molecule has 0 fully saturated rings. The Balaban J connectivity index is 1.47. The lowest BCUT2D eigenvalue weighted by molar-refractivity contribution is 0.0950. The predicted molar refractivity (Wildman–Crippen MR) is 127 cm³/mol. The van der Waals surface area contributed by atoms with Gasteiger partial charge in [-0.15, -0.1) is 0 Å². The fourth-order valence-corrected chi connectivity index (χ4v) is 4.39. The summed E-state index contributed by atoms with van der Waals surface area (Å²) < 4.78 is 23.2. The van der Waals surface area contributed by atoms with Gasteiger partial charge in [-0.2, -0.15) is 4.98 Å². The molecule has 1 N–H and O–H groups in total. The zero-order chi connectivity index (χ0) is 22.7. The Morgan fingerprint density at radius 2 is 1.94 bits per heavy atom. The summed E-state index contributed by atoms with van der Waals surface area (Å²) >= 11 is 0. The number of carbonyl (C=O) groups is 1. The van der Waals surface area contributed by atoms with Crippen LogP contribution in [0.4, 0.5) is 11.5 Å². The number of hydrogen-bond donors (Lipinski definition) is 2. The summed E-state index contributed by atoms with van der Waals surface area (Å²) in [5.74, 6) is 1.76. The van der Waals surface area contributed by atoms with E-state index in [9.17, 15) is 9.00 Å². The van der Waals surface area contributed by atoms with E-state index >= 15 is 0 Å². The van der Waals surface area contributed by atoms with Gasteiger partial charge in [0.05, 0.1) is 19.3 Å². The van der Waals surface area contributed by atoms with Crippen molar-refractivity contribution in [1.82, 2.24) is 10.3 Å². The third kappa shape index (κ3) is 4.75. The van der Waals surface area contributed by atoms with E-state index < -0.39 is 9.93 Å². The van der Waals surface area contributed by atoms with Crippen LogP contribution in [0.25, 0.3) is 0 Å². The van der Waals surface area contributed by atoms with E-state index in [1.165, 1.54) is 0 Å². The van der Waals surface area contributed by atoms with Crippen LogP contribution in [-0.2, 0) is 16.5 Å². The number of thiol groups is 1. The lowest BCUT2D eigenvalue weighted by Crippen LogP contribution is -2.30. The van der Waals surface area contributed by atoms with E-state index in [1.54, 1.807) is 37.8 Å². The average Bonchev–Trinajstić information content (AvgIpc) is 2.81. The Hall–Kier alpha value is -3.39. The van der Waals surface area contributed by atoms with Crippen molar-refractivity contribution >= 4 is 27.3 Å². The molecular weight excluding hydrogens is 426 g/mol. The minimum Gasteiger partial charge on any atom is -0.490 e. The Morgan fingerprint density at radius 3 is 2.66 bits per heavy atom. The molecule has 4 rings (SSSR count). The molecule has 2 heterocycles. The third-order valence-electron chi connectivity index (χ3n) is 5.29. The molecule has 0 unspecified atom stereocenters. The highest BCUT2D eigenvalue weighted by Crippen LogP contribution is 2.37. The van der Waals surface area contributed by atoms with E-state index in [0.29, 0.717) is 36.9 Å². The maximum atomic E-state index is 12.7. The molecule has 0 radical (unpaired) electrons. The van der Waals surface area contributed by atoms with Crippen LogP contribution in [0.2, 0.25) is 0 Å². The number of benzene rings is 2. The van der Waals surface area contributed by atoms with Gasteiger partial charge in [-0.3, -0.25) is 9.00 Å². The average molecular weight is 454 g/mol. The summed E-state index contributed by atoms with van der Waals surface area (Å²) in [5.41, 5.74) is 2.32. The van der Waals surface area contributed by atoms with Gasteiger partial charge in [0.2, 0.25) is 5.88 Å². The molecular formula is C24H27N3O4S. The maximum Gasteiger partial charge on any atom is 0.251 e. The molecule has 1 amide bonds. The number of methoxy groups -OCH3 is 1. The molecule has 0 atom stereocenters. The molecule has 1 aliphatic rings. The summed E-state index contributed by atoms with van der Waals surface area (Å²) in [6.07, 6.45) is 3.49.